The van der Waals surface area contributed by atoms with Gasteiger partial charge in [-0.3, -0.25) is 33.6 Å². The van der Waals surface area contributed by atoms with E-state index in [9.17, 15) is 33.6 Å². The van der Waals surface area contributed by atoms with Crippen molar-refractivity contribution in [2.45, 2.75) is 588 Å². The molecule has 0 aliphatic heterocycles. The molecule has 0 aromatic rings. The minimum absolute atomic E-state index is 0.00921. The lowest BCUT2D eigenvalue weighted by Gasteiger charge is -2.47. The van der Waals surface area contributed by atoms with Crippen molar-refractivity contribution in [3.8, 4) is 0 Å². The molecule has 0 aromatic carbocycles. The standard InChI is InChI=1S/C20H36O2.C17H30O2.C17H32O2.2C15H28O2.C14H24O2.C14H26O2/c1-5-19(2,3)18(21)22-20(4,16-12-8-6-9-13-16)17-14-10-7-11-15-17;1-8-14(2,3)13(18)19-17(7)11-12-9-10-16(17,6)15(12,4)5;1-5-16(2,3)15(18)19-17(4)13-11-9-7-6-8-10-12-14-17;1-6-14(2,3)13(16)17-15(4,5)12-10-8-7-9-11-12;1-5-14(2,3)13(16)17-15(4)11-9-7-6-8-10-12-15;1-5-13(2,3)12(15)16-14(4)9-10-6-7-11(14)8-10;1-5-13(2,3)12(15)16-14(4)10-8-6-7-9-11-14/h16-17H,5-15H2,1-4H3;12H,8-11H2,1-7H3;5-14H2,1-4H3;12H,6-11H2,1-5H3;5-12H2,1-4H3;10-11H,5-9H2,1-4H3;5-11H2,1-4H3. The largest absolute Gasteiger partial charge is 0.459 e. The fraction of sp³-hybridized carbons (Fsp3) is 0.938. The van der Waals surface area contributed by atoms with Crippen molar-refractivity contribution in [2.24, 2.45) is 84.2 Å². The van der Waals surface area contributed by atoms with Crippen LogP contribution in [0.4, 0.5) is 0 Å². The van der Waals surface area contributed by atoms with Crippen molar-refractivity contribution in [2.75, 3.05) is 0 Å². The van der Waals surface area contributed by atoms with E-state index in [1.807, 2.05) is 125 Å². The van der Waals surface area contributed by atoms with Gasteiger partial charge in [0.05, 0.1) is 37.9 Å². The summed E-state index contributed by atoms with van der Waals surface area (Å²) in [4.78, 5) is 86.0. The summed E-state index contributed by atoms with van der Waals surface area (Å²) < 4.78 is 41.6. The Balaban J connectivity index is 0.000000309. The lowest BCUT2D eigenvalue weighted by Crippen LogP contribution is -2.49. The molecule has 10 saturated carbocycles. The van der Waals surface area contributed by atoms with E-state index in [2.05, 4.69) is 96.9 Å². The third kappa shape index (κ3) is 32.8. The second kappa shape index (κ2) is 49.0. The Morgan fingerprint density at radius 2 is 0.524 bits per heavy atom. The quantitative estimate of drug-likeness (QED) is 0.0505. The molecule has 0 spiro atoms. The minimum Gasteiger partial charge on any atom is -0.459 e. The molecule has 736 valence electrons. The molecule has 14 nitrogen and oxygen atoms in total. The lowest BCUT2D eigenvalue weighted by molar-refractivity contribution is -0.187. The van der Waals surface area contributed by atoms with Crippen LogP contribution >= 0.6 is 0 Å². The molecule has 10 aliphatic carbocycles. The van der Waals surface area contributed by atoms with Gasteiger partial charge in [-0.2, -0.15) is 0 Å². The fourth-order valence-electron chi connectivity index (χ4n) is 21.1. The van der Waals surface area contributed by atoms with E-state index in [1.54, 1.807) is 0 Å². The topological polar surface area (TPSA) is 184 Å². The predicted octanol–water partition coefficient (Wildman–Crippen LogP) is 32.1. The minimum atomic E-state index is -0.370. The van der Waals surface area contributed by atoms with Crippen LogP contribution in [0, 0.1) is 84.2 Å². The molecule has 14 heteroatoms. The highest BCUT2D eigenvalue weighted by Gasteiger charge is 2.69. The molecule has 10 aliphatic rings. The second-order valence-electron chi connectivity index (χ2n) is 49.3. The molecule has 0 aromatic heterocycles. The third-order valence-corrected chi connectivity index (χ3v) is 35.6. The molecule has 126 heavy (non-hydrogen) atoms. The molecule has 4 bridgehead atoms. The van der Waals surface area contributed by atoms with E-state index in [0.29, 0.717) is 29.6 Å². The number of carbonyl (C=O) groups excluding carboxylic acids is 7. The van der Waals surface area contributed by atoms with E-state index in [1.165, 1.54) is 231 Å². The van der Waals surface area contributed by atoms with Crippen molar-refractivity contribution in [3.63, 3.8) is 0 Å². The highest BCUT2D eigenvalue weighted by atomic mass is 16.6. The van der Waals surface area contributed by atoms with Gasteiger partial charge in [0.2, 0.25) is 0 Å². The molecule has 0 N–H and O–H groups in total. The zero-order valence-electron chi connectivity index (χ0n) is 88.7. The van der Waals surface area contributed by atoms with Gasteiger partial charge in [0.25, 0.3) is 0 Å². The molecule has 0 radical (unpaired) electrons. The first-order valence-corrected chi connectivity index (χ1v) is 52.9. The summed E-state index contributed by atoms with van der Waals surface area (Å²) in [6, 6.07) is 0. The van der Waals surface area contributed by atoms with Gasteiger partial charge in [-0.25, -0.2) is 0 Å². The lowest BCUT2D eigenvalue weighted by atomic mass is 9.65. The SMILES string of the molecule is CCC(C)(C)C(=O)OC(C)(C)C1CCCCC1.CCC(C)(C)C(=O)OC(C)(C1CCCCC1)C1CCCCC1.CCC(C)(C)C(=O)OC1(C)CC2CCC1(C)C2(C)C.CCC(C)(C)C(=O)OC1(C)CC2CCC1C2.CCC(C)(C)C(=O)OC1(C)CCCCCC1.CCC(C)(C)C(=O)OC1(C)CCCCCCC1.CCC(C)(C)C(=O)OC1(C)CCCCCCCCC1. The Labute approximate surface area is 776 Å². The average molecular weight is 1770 g/mol. The van der Waals surface area contributed by atoms with E-state index in [-0.39, 0.29) is 130 Å². The maximum Gasteiger partial charge on any atom is 0.312 e. The Kier molecular flexibility index (Phi) is 44.6. The normalized spacial score (nSPS) is 26.3. The van der Waals surface area contributed by atoms with Gasteiger partial charge in [0, 0.05) is 5.41 Å². The highest BCUT2D eigenvalue weighted by Crippen LogP contribution is 2.71. The van der Waals surface area contributed by atoms with Crippen molar-refractivity contribution in [1.82, 2.24) is 0 Å². The summed E-state index contributed by atoms with van der Waals surface area (Å²) in [7, 11) is 0. The maximum atomic E-state index is 12.8. The average Bonchev–Trinajstić information content (AvgIpc) is 1.53. The summed E-state index contributed by atoms with van der Waals surface area (Å²) in [5, 5.41) is 0. The summed E-state index contributed by atoms with van der Waals surface area (Å²) in [6.45, 7) is 66.2. The van der Waals surface area contributed by atoms with Gasteiger partial charge in [0.15, 0.2) is 0 Å². The number of carbonyl (C=O) groups is 7. The maximum absolute atomic E-state index is 12.8. The molecule has 0 heterocycles. The van der Waals surface area contributed by atoms with Crippen LogP contribution in [0.5, 0.6) is 0 Å². The Bertz CT molecular complexity index is 3210. The van der Waals surface area contributed by atoms with Crippen LogP contribution < -0.4 is 0 Å². The van der Waals surface area contributed by atoms with Crippen LogP contribution in [0.25, 0.3) is 0 Å². The van der Waals surface area contributed by atoms with E-state index in [0.717, 1.165) is 102 Å². The number of fused-ring (bicyclic) bond motifs is 4. The van der Waals surface area contributed by atoms with Crippen molar-refractivity contribution < 1.29 is 66.7 Å². The van der Waals surface area contributed by atoms with Crippen LogP contribution in [0.3, 0.4) is 0 Å². The number of esters is 7. The van der Waals surface area contributed by atoms with Crippen LogP contribution in [-0.2, 0) is 66.7 Å². The highest BCUT2D eigenvalue weighted by molar-refractivity contribution is 5.79. The number of ether oxygens (including phenoxy) is 7. The van der Waals surface area contributed by atoms with Gasteiger partial charge in [-0.05, 0) is 399 Å². The van der Waals surface area contributed by atoms with Gasteiger partial charge in [0.1, 0.15) is 39.2 Å². The summed E-state index contributed by atoms with van der Waals surface area (Å²) >= 11 is 0. The monoisotopic (exact) mass is 1770 g/mol. The Morgan fingerprint density at radius 3 is 0.786 bits per heavy atom. The Hall–Kier alpha value is -3.71. The second-order valence-corrected chi connectivity index (χ2v) is 49.3. The number of rotatable bonds is 24. The van der Waals surface area contributed by atoms with Gasteiger partial charge in [-0.15, -0.1) is 0 Å². The number of hydrogen-bond donors (Lipinski definition) is 0. The van der Waals surface area contributed by atoms with Gasteiger partial charge < -0.3 is 33.2 Å². The van der Waals surface area contributed by atoms with E-state index < -0.39 is 0 Å². The Morgan fingerprint density at radius 1 is 0.262 bits per heavy atom. The molecular formula is C112H204O14. The van der Waals surface area contributed by atoms with E-state index >= 15 is 0 Å². The molecule has 0 saturated heterocycles. The van der Waals surface area contributed by atoms with Gasteiger partial charge >= 0.3 is 41.8 Å². The molecule has 10 rings (SSSR count). The fourth-order valence-corrected chi connectivity index (χ4v) is 21.1. The molecule has 10 fully saturated rings. The zero-order chi connectivity index (χ0) is 95.5. The summed E-state index contributed by atoms with van der Waals surface area (Å²) in [5.74, 6) is 3.67. The molecular weight excluding hydrogens is 1570 g/mol. The zero-order valence-corrected chi connectivity index (χ0v) is 88.7. The van der Waals surface area contributed by atoms with Crippen LogP contribution in [0.2, 0.25) is 0 Å². The van der Waals surface area contributed by atoms with Gasteiger partial charge in [-0.1, -0.05) is 191 Å². The van der Waals surface area contributed by atoms with Crippen molar-refractivity contribution >= 4 is 41.8 Å². The van der Waals surface area contributed by atoms with Crippen molar-refractivity contribution in [1.29, 1.82) is 0 Å². The van der Waals surface area contributed by atoms with E-state index in [4.69, 9.17) is 33.2 Å². The smallest absolute Gasteiger partial charge is 0.312 e. The summed E-state index contributed by atoms with van der Waals surface area (Å²) in [5.41, 5.74) is -3.69. The molecule has 6 atom stereocenters. The third-order valence-electron chi connectivity index (χ3n) is 35.6. The van der Waals surface area contributed by atoms with Crippen LogP contribution in [-0.4, -0.2) is 81.0 Å². The first-order chi connectivity index (χ1) is 58.3. The van der Waals surface area contributed by atoms with Crippen molar-refractivity contribution in [3.05, 3.63) is 0 Å². The van der Waals surface area contributed by atoms with Crippen LogP contribution in [0.15, 0.2) is 0 Å². The summed E-state index contributed by atoms with van der Waals surface area (Å²) in [6.07, 6.45) is 59.9. The molecule has 6 unspecified atom stereocenters. The predicted molar refractivity (Wildman–Crippen MR) is 522 cm³/mol. The first-order valence-electron chi connectivity index (χ1n) is 52.9. The number of hydrogen-bond acceptors (Lipinski definition) is 14. The van der Waals surface area contributed by atoms with Crippen LogP contribution in [0.1, 0.15) is 549 Å². The first kappa shape index (κ1) is 115. The molecule has 0 amide bonds.